The molecule has 0 aliphatic rings. The van der Waals surface area contributed by atoms with E-state index in [0.29, 0.717) is 11.3 Å². The Bertz CT molecular complexity index is 1010. The van der Waals surface area contributed by atoms with Crippen molar-refractivity contribution in [2.24, 2.45) is 0 Å². The summed E-state index contributed by atoms with van der Waals surface area (Å²) in [4.78, 5) is 38.8. The van der Waals surface area contributed by atoms with Gasteiger partial charge in [0, 0.05) is 16.6 Å². The quantitative estimate of drug-likeness (QED) is 0.733. The molecule has 0 amide bonds. The second kappa shape index (κ2) is 5.57. The zero-order valence-corrected chi connectivity index (χ0v) is 12.5. The first-order valence-electron chi connectivity index (χ1n) is 6.87. The van der Waals surface area contributed by atoms with Gasteiger partial charge in [-0.05, 0) is 13.0 Å². The predicted octanol–water partition coefficient (Wildman–Crippen LogP) is 2.24. The second-order valence-corrected chi connectivity index (χ2v) is 5.00. The Morgan fingerprint density at radius 1 is 1.17 bits per heavy atom. The summed E-state index contributed by atoms with van der Waals surface area (Å²) in [5.74, 6) is -0.355. The van der Waals surface area contributed by atoms with Crippen molar-refractivity contribution in [2.45, 2.75) is 6.92 Å². The van der Waals surface area contributed by atoms with Crippen LogP contribution in [0.3, 0.4) is 0 Å². The Hall–Kier alpha value is -3.15. The molecule has 0 saturated heterocycles. The van der Waals surface area contributed by atoms with Crippen LogP contribution in [0.25, 0.3) is 22.1 Å². The van der Waals surface area contributed by atoms with E-state index in [1.165, 1.54) is 13.2 Å². The number of H-pyrrole nitrogens is 1. The molecule has 0 spiro atoms. The summed E-state index contributed by atoms with van der Waals surface area (Å²) >= 11 is 0. The van der Waals surface area contributed by atoms with Crippen LogP contribution in [0.5, 0.6) is 0 Å². The van der Waals surface area contributed by atoms with Gasteiger partial charge in [0.05, 0.1) is 12.7 Å². The Labute approximate surface area is 130 Å². The fourth-order valence-electron chi connectivity index (χ4n) is 2.51. The summed E-state index contributed by atoms with van der Waals surface area (Å²) in [6, 6.07) is 10.5. The van der Waals surface area contributed by atoms with Gasteiger partial charge in [0.15, 0.2) is 0 Å². The molecule has 2 heterocycles. The van der Waals surface area contributed by atoms with Crippen LogP contribution >= 0.6 is 0 Å². The van der Waals surface area contributed by atoms with E-state index in [1.54, 1.807) is 31.2 Å². The van der Waals surface area contributed by atoms with E-state index in [-0.39, 0.29) is 22.1 Å². The Balaban J connectivity index is 2.45. The Kier molecular flexibility index (Phi) is 3.57. The number of aryl methyl sites for hydroxylation is 1. The summed E-state index contributed by atoms with van der Waals surface area (Å²) in [5.41, 5.74) is -0.252. The molecule has 0 bridgehead atoms. The van der Waals surface area contributed by atoms with Crippen molar-refractivity contribution in [1.82, 2.24) is 4.98 Å². The number of methoxy groups -OCH3 is 1. The molecule has 0 radical (unpaired) electrons. The van der Waals surface area contributed by atoms with Gasteiger partial charge in [-0.3, -0.25) is 4.79 Å². The number of hydrogen-bond acceptors (Lipinski definition) is 5. The number of rotatable bonds is 2. The number of pyridine rings is 1. The summed E-state index contributed by atoms with van der Waals surface area (Å²) in [7, 11) is 1.24. The third-order valence-corrected chi connectivity index (χ3v) is 3.57. The number of ether oxygens (including phenoxy) is 1. The number of esters is 1. The minimum absolute atomic E-state index is 0.146. The van der Waals surface area contributed by atoms with Gasteiger partial charge in [-0.15, -0.1) is 0 Å². The van der Waals surface area contributed by atoms with Crippen LogP contribution in [-0.4, -0.2) is 18.1 Å². The average molecular weight is 311 g/mol. The monoisotopic (exact) mass is 311 g/mol. The van der Waals surface area contributed by atoms with Gasteiger partial charge in [0.2, 0.25) is 0 Å². The smallest absolute Gasteiger partial charge is 0.349 e. The lowest BCUT2D eigenvalue weighted by Gasteiger charge is -2.08. The van der Waals surface area contributed by atoms with E-state index >= 15 is 0 Å². The first-order valence-corrected chi connectivity index (χ1v) is 6.87. The molecule has 0 fully saturated rings. The summed E-state index contributed by atoms with van der Waals surface area (Å²) < 4.78 is 9.99. The predicted molar refractivity (Wildman–Crippen MR) is 84.6 cm³/mol. The van der Waals surface area contributed by atoms with Crippen molar-refractivity contribution in [1.29, 1.82) is 0 Å². The zero-order chi connectivity index (χ0) is 16.6. The van der Waals surface area contributed by atoms with Gasteiger partial charge >= 0.3 is 11.6 Å². The number of benzene rings is 1. The Morgan fingerprint density at radius 3 is 2.52 bits per heavy atom. The molecular formula is C17H13NO5. The number of aromatic nitrogens is 1. The van der Waals surface area contributed by atoms with Crippen LogP contribution in [-0.2, 0) is 4.74 Å². The van der Waals surface area contributed by atoms with Crippen molar-refractivity contribution >= 4 is 16.7 Å². The lowest BCUT2D eigenvalue weighted by Crippen LogP contribution is -2.20. The molecule has 0 atom stereocenters. The largest absolute Gasteiger partial charge is 0.465 e. The van der Waals surface area contributed by atoms with Crippen LogP contribution < -0.4 is 11.2 Å². The summed E-state index contributed by atoms with van der Waals surface area (Å²) in [6.07, 6.45) is 0. The van der Waals surface area contributed by atoms with Gasteiger partial charge in [-0.2, -0.15) is 0 Å². The molecule has 0 aliphatic heterocycles. The van der Waals surface area contributed by atoms with E-state index in [1.807, 2.05) is 6.07 Å². The normalized spacial score (nSPS) is 10.7. The van der Waals surface area contributed by atoms with Crippen LogP contribution in [0.4, 0.5) is 0 Å². The molecule has 6 heteroatoms. The first kappa shape index (κ1) is 14.8. The van der Waals surface area contributed by atoms with E-state index in [2.05, 4.69) is 4.98 Å². The van der Waals surface area contributed by atoms with Crippen LogP contribution in [0.1, 0.15) is 16.1 Å². The second-order valence-electron chi connectivity index (χ2n) is 5.00. The number of nitrogens with one attached hydrogen (secondary N) is 1. The van der Waals surface area contributed by atoms with Gasteiger partial charge in [-0.25, -0.2) is 9.59 Å². The fourth-order valence-corrected chi connectivity index (χ4v) is 2.51. The highest BCUT2D eigenvalue weighted by Gasteiger charge is 2.20. The SMILES string of the molecule is COC(=O)c1c(C)[nH]c(=O)c2c(=O)oc(-c3ccccc3)cc12. The van der Waals surface area contributed by atoms with Crippen molar-refractivity contribution in [3.63, 3.8) is 0 Å². The number of hydrogen-bond donors (Lipinski definition) is 1. The topological polar surface area (TPSA) is 89.4 Å². The maximum absolute atomic E-state index is 12.2. The van der Waals surface area contributed by atoms with Crippen LogP contribution in [0, 0.1) is 6.92 Å². The number of carbonyl (C=O) groups is 1. The molecule has 1 aromatic carbocycles. The summed E-state index contributed by atoms with van der Waals surface area (Å²) in [5, 5.41) is 0.0175. The van der Waals surface area contributed by atoms with Crippen molar-refractivity contribution < 1.29 is 13.9 Å². The van der Waals surface area contributed by atoms with E-state index < -0.39 is 17.2 Å². The van der Waals surface area contributed by atoms with Gasteiger partial charge in [0.1, 0.15) is 11.1 Å². The molecule has 3 aromatic rings. The highest BCUT2D eigenvalue weighted by molar-refractivity contribution is 6.05. The number of aromatic amines is 1. The fraction of sp³-hybridized carbons (Fsp3) is 0.118. The zero-order valence-electron chi connectivity index (χ0n) is 12.5. The average Bonchev–Trinajstić information content (AvgIpc) is 2.54. The maximum Gasteiger partial charge on any atom is 0.349 e. The third kappa shape index (κ3) is 2.44. The maximum atomic E-state index is 12.2. The number of carbonyl (C=O) groups excluding carboxylic acids is 1. The molecule has 6 nitrogen and oxygen atoms in total. The number of fused-ring (bicyclic) bond motifs is 1. The standard InChI is InChI=1S/C17H13NO5/c1-9-13(16(20)22-2)11-8-12(10-6-4-3-5-7-10)23-17(21)14(11)15(19)18-9/h3-8H,1-2H3,(H,18,19). The van der Waals surface area contributed by atoms with Gasteiger partial charge in [-0.1, -0.05) is 30.3 Å². The van der Waals surface area contributed by atoms with E-state index in [9.17, 15) is 14.4 Å². The molecule has 0 aliphatic carbocycles. The minimum Gasteiger partial charge on any atom is -0.465 e. The molecule has 0 saturated carbocycles. The molecule has 2 aromatic heterocycles. The molecule has 23 heavy (non-hydrogen) atoms. The molecule has 3 rings (SSSR count). The van der Waals surface area contributed by atoms with Crippen molar-refractivity contribution in [3.8, 4) is 11.3 Å². The van der Waals surface area contributed by atoms with Gasteiger partial charge in [0.25, 0.3) is 5.56 Å². The van der Waals surface area contributed by atoms with Crippen LogP contribution in [0.2, 0.25) is 0 Å². The first-order chi connectivity index (χ1) is 11.0. The van der Waals surface area contributed by atoms with Gasteiger partial charge < -0.3 is 14.1 Å². The molecule has 1 N–H and O–H groups in total. The highest BCUT2D eigenvalue weighted by atomic mass is 16.5. The van der Waals surface area contributed by atoms with Crippen molar-refractivity contribution in [2.75, 3.05) is 7.11 Å². The third-order valence-electron chi connectivity index (χ3n) is 3.57. The van der Waals surface area contributed by atoms with E-state index in [4.69, 9.17) is 9.15 Å². The molecule has 0 unspecified atom stereocenters. The Morgan fingerprint density at radius 2 is 1.87 bits per heavy atom. The minimum atomic E-state index is -0.798. The lowest BCUT2D eigenvalue weighted by atomic mass is 10.0. The van der Waals surface area contributed by atoms with Crippen molar-refractivity contribution in [3.05, 3.63) is 68.4 Å². The highest BCUT2D eigenvalue weighted by Crippen LogP contribution is 2.24. The molecule has 116 valence electrons. The van der Waals surface area contributed by atoms with E-state index in [0.717, 1.165) is 0 Å². The molecular weight excluding hydrogens is 298 g/mol. The summed E-state index contributed by atoms with van der Waals surface area (Å²) in [6.45, 7) is 1.57. The lowest BCUT2D eigenvalue weighted by molar-refractivity contribution is 0.0601. The van der Waals surface area contributed by atoms with Crippen LogP contribution in [0.15, 0.2) is 50.4 Å².